The second kappa shape index (κ2) is 13.0. The maximum absolute atomic E-state index is 14.5. The Balaban J connectivity index is 1.25. The van der Waals surface area contributed by atoms with Crippen LogP contribution >= 0.6 is 15.9 Å². The van der Waals surface area contributed by atoms with Gasteiger partial charge in [-0.1, -0.05) is 58.6 Å². The quantitative estimate of drug-likeness (QED) is 0.321. The molecule has 42 heavy (non-hydrogen) atoms. The van der Waals surface area contributed by atoms with Crippen LogP contribution in [0.4, 0.5) is 4.39 Å². The number of carbonyl (C=O) groups is 2. The molecule has 1 aliphatic carbocycles. The van der Waals surface area contributed by atoms with Gasteiger partial charge < -0.3 is 9.80 Å². The number of amides is 2. The van der Waals surface area contributed by atoms with Gasteiger partial charge in [-0.2, -0.15) is 0 Å². The molecule has 1 aliphatic heterocycles. The standard InChI is InChI=1S/C32H40BrFN6O2/c1-21-17-38(32(42)29-13-9-8-12-28(29)31(41)37(4)26-10-6-5-7-11-26)18-22(2)39(21)19-25-20-40(36-35-25)23(3)27-15-14-24(33)16-30(27)34/h8-9,12-16,20-23,26H,5-7,10-11,17-19H2,1-4H3/t21-,22+,23-/m0/s1. The van der Waals surface area contributed by atoms with Gasteiger partial charge in [0.05, 0.1) is 29.1 Å². The van der Waals surface area contributed by atoms with E-state index in [0.29, 0.717) is 40.8 Å². The van der Waals surface area contributed by atoms with E-state index in [1.54, 1.807) is 22.9 Å². The lowest BCUT2D eigenvalue weighted by Crippen LogP contribution is -2.57. The van der Waals surface area contributed by atoms with Crippen LogP contribution in [0.15, 0.2) is 53.1 Å². The average molecular weight is 640 g/mol. The zero-order valence-electron chi connectivity index (χ0n) is 24.8. The van der Waals surface area contributed by atoms with Crippen LogP contribution in [0, 0.1) is 5.82 Å². The number of halogens is 2. The van der Waals surface area contributed by atoms with Gasteiger partial charge in [0.15, 0.2) is 0 Å². The molecule has 0 bridgehead atoms. The highest BCUT2D eigenvalue weighted by Crippen LogP contribution is 2.27. The SMILES string of the molecule is C[C@@H]1CN(C(=O)c2ccccc2C(=O)N(C)C2CCCCC2)C[C@H](C)N1Cc1cn([C@@H](C)c2ccc(Br)cc2F)nn1. The van der Waals surface area contributed by atoms with Crippen molar-refractivity contribution >= 4 is 27.7 Å². The summed E-state index contributed by atoms with van der Waals surface area (Å²) in [7, 11) is 1.87. The van der Waals surface area contributed by atoms with Crippen LogP contribution in [-0.2, 0) is 6.54 Å². The van der Waals surface area contributed by atoms with Crippen LogP contribution in [0.2, 0.25) is 0 Å². The third kappa shape index (κ3) is 6.44. The number of aromatic nitrogens is 3. The van der Waals surface area contributed by atoms with E-state index in [0.717, 1.165) is 31.4 Å². The van der Waals surface area contributed by atoms with Crippen LogP contribution in [0.5, 0.6) is 0 Å². The number of piperazine rings is 1. The van der Waals surface area contributed by atoms with Crippen molar-refractivity contribution in [3.63, 3.8) is 0 Å². The zero-order chi connectivity index (χ0) is 30.0. The lowest BCUT2D eigenvalue weighted by molar-refractivity contribution is 0.0262. The molecule has 0 radical (unpaired) electrons. The molecule has 224 valence electrons. The molecule has 0 N–H and O–H groups in total. The van der Waals surface area contributed by atoms with E-state index in [-0.39, 0.29) is 41.8 Å². The van der Waals surface area contributed by atoms with Crippen molar-refractivity contribution in [2.75, 3.05) is 20.1 Å². The number of hydrogen-bond acceptors (Lipinski definition) is 5. The topological polar surface area (TPSA) is 74.6 Å². The highest BCUT2D eigenvalue weighted by atomic mass is 79.9. The molecule has 5 rings (SSSR count). The van der Waals surface area contributed by atoms with Crippen molar-refractivity contribution in [2.24, 2.45) is 0 Å². The third-order valence-electron chi connectivity index (χ3n) is 8.93. The molecule has 8 nitrogen and oxygen atoms in total. The zero-order valence-corrected chi connectivity index (χ0v) is 26.4. The van der Waals surface area contributed by atoms with Gasteiger partial charge in [0.2, 0.25) is 0 Å². The van der Waals surface area contributed by atoms with E-state index >= 15 is 0 Å². The maximum atomic E-state index is 14.5. The van der Waals surface area contributed by atoms with Crippen molar-refractivity contribution in [1.82, 2.24) is 29.7 Å². The number of nitrogens with zero attached hydrogens (tertiary/aromatic N) is 6. The van der Waals surface area contributed by atoms with Crippen LogP contribution in [0.1, 0.15) is 90.9 Å². The van der Waals surface area contributed by atoms with Gasteiger partial charge in [-0.3, -0.25) is 14.5 Å². The molecule has 1 saturated carbocycles. The van der Waals surface area contributed by atoms with Crippen molar-refractivity contribution in [3.05, 3.63) is 81.3 Å². The van der Waals surface area contributed by atoms with Gasteiger partial charge in [0.25, 0.3) is 11.8 Å². The summed E-state index contributed by atoms with van der Waals surface area (Å²) < 4.78 is 16.9. The fourth-order valence-corrected chi connectivity index (χ4v) is 6.76. The normalized spacial score (nSPS) is 20.9. The van der Waals surface area contributed by atoms with E-state index in [1.165, 1.54) is 12.5 Å². The molecule has 2 amide bonds. The number of benzene rings is 2. The predicted molar refractivity (Wildman–Crippen MR) is 164 cm³/mol. The van der Waals surface area contributed by atoms with Crippen LogP contribution in [0.3, 0.4) is 0 Å². The first-order chi connectivity index (χ1) is 20.1. The molecule has 10 heteroatoms. The fourth-order valence-electron chi connectivity index (χ4n) is 6.43. The number of rotatable bonds is 7. The Morgan fingerprint density at radius 3 is 2.38 bits per heavy atom. The monoisotopic (exact) mass is 638 g/mol. The van der Waals surface area contributed by atoms with E-state index in [1.807, 2.05) is 48.2 Å². The summed E-state index contributed by atoms with van der Waals surface area (Å²) in [4.78, 5) is 33.4. The minimum Gasteiger partial charge on any atom is -0.339 e. The summed E-state index contributed by atoms with van der Waals surface area (Å²) in [5.74, 6) is -0.475. The van der Waals surface area contributed by atoms with Gasteiger partial charge in [0.1, 0.15) is 5.82 Å². The molecule has 0 unspecified atom stereocenters. The fraction of sp³-hybridized carbons (Fsp3) is 0.500. The summed E-state index contributed by atoms with van der Waals surface area (Å²) in [6, 6.07) is 12.3. The van der Waals surface area contributed by atoms with Crippen molar-refractivity contribution in [3.8, 4) is 0 Å². The highest BCUT2D eigenvalue weighted by Gasteiger charge is 2.34. The first-order valence-electron chi connectivity index (χ1n) is 14.9. The Labute approximate surface area is 256 Å². The summed E-state index contributed by atoms with van der Waals surface area (Å²) in [6.45, 7) is 7.76. The summed E-state index contributed by atoms with van der Waals surface area (Å²) >= 11 is 3.31. The second-order valence-electron chi connectivity index (χ2n) is 11.9. The van der Waals surface area contributed by atoms with Crippen molar-refractivity contribution in [1.29, 1.82) is 0 Å². The molecule has 2 aromatic carbocycles. The molecular formula is C32H40BrFN6O2. The van der Waals surface area contributed by atoms with Gasteiger partial charge >= 0.3 is 0 Å². The summed E-state index contributed by atoms with van der Waals surface area (Å²) in [5.41, 5.74) is 2.29. The molecule has 3 aromatic rings. The minimum atomic E-state index is -0.302. The molecular weight excluding hydrogens is 599 g/mol. The van der Waals surface area contributed by atoms with E-state index in [2.05, 4.69) is 45.0 Å². The average Bonchev–Trinajstić information content (AvgIpc) is 3.46. The minimum absolute atomic E-state index is 0.0666. The van der Waals surface area contributed by atoms with Gasteiger partial charge in [-0.05, 0) is 57.9 Å². The molecule has 2 heterocycles. The number of hydrogen-bond donors (Lipinski definition) is 0. The molecule has 1 aromatic heterocycles. The molecule has 1 saturated heterocycles. The largest absolute Gasteiger partial charge is 0.339 e. The van der Waals surface area contributed by atoms with Gasteiger partial charge in [-0.25, -0.2) is 9.07 Å². The van der Waals surface area contributed by atoms with Crippen molar-refractivity contribution < 1.29 is 14.0 Å². The number of carbonyl (C=O) groups excluding carboxylic acids is 2. The lowest BCUT2D eigenvalue weighted by Gasteiger charge is -2.44. The van der Waals surface area contributed by atoms with Crippen LogP contribution in [0.25, 0.3) is 0 Å². The van der Waals surface area contributed by atoms with Crippen LogP contribution in [-0.4, -0.2) is 79.8 Å². The maximum Gasteiger partial charge on any atom is 0.254 e. The Morgan fingerprint density at radius 1 is 1.05 bits per heavy atom. The smallest absolute Gasteiger partial charge is 0.254 e. The highest BCUT2D eigenvalue weighted by molar-refractivity contribution is 9.10. The van der Waals surface area contributed by atoms with Gasteiger partial charge in [-0.15, -0.1) is 5.10 Å². The summed E-state index contributed by atoms with van der Waals surface area (Å²) in [6.07, 6.45) is 7.41. The first-order valence-corrected chi connectivity index (χ1v) is 15.7. The molecule has 2 aliphatic rings. The van der Waals surface area contributed by atoms with Gasteiger partial charge in [0, 0.05) is 54.8 Å². The third-order valence-corrected chi connectivity index (χ3v) is 9.42. The predicted octanol–water partition coefficient (Wildman–Crippen LogP) is 5.93. The first kappa shape index (κ1) is 30.4. The van der Waals surface area contributed by atoms with E-state index in [9.17, 15) is 14.0 Å². The molecule has 3 atom stereocenters. The van der Waals surface area contributed by atoms with Crippen molar-refractivity contribution in [2.45, 2.75) is 83.6 Å². The molecule has 0 spiro atoms. The van der Waals surface area contributed by atoms with E-state index < -0.39 is 0 Å². The lowest BCUT2D eigenvalue weighted by atomic mass is 9.93. The Hall–Kier alpha value is -3.11. The Morgan fingerprint density at radius 2 is 1.71 bits per heavy atom. The van der Waals surface area contributed by atoms with E-state index in [4.69, 9.17) is 0 Å². The second-order valence-corrected chi connectivity index (χ2v) is 12.8. The van der Waals surface area contributed by atoms with Crippen LogP contribution < -0.4 is 0 Å². The Kier molecular flexibility index (Phi) is 9.42. The molecule has 2 fully saturated rings. The summed E-state index contributed by atoms with van der Waals surface area (Å²) in [5, 5.41) is 8.67. The Bertz CT molecular complexity index is 1410.